The highest BCUT2D eigenvalue weighted by molar-refractivity contribution is 7.89. The van der Waals surface area contributed by atoms with Gasteiger partial charge < -0.3 is 4.90 Å². The summed E-state index contributed by atoms with van der Waals surface area (Å²) in [6.07, 6.45) is 0.794. The van der Waals surface area contributed by atoms with E-state index in [4.69, 9.17) is 0 Å². The standard InChI is InChI=1S/C24H30F2N2O3S/c1-24(2,3)19-6-9-21(10-7-19)32(30,31)28-13-11-17(12-14-28)23(29)27(4)16-18-5-8-20(25)15-22(18)26/h5-10,15,17H,11-14,16H2,1-4H3. The van der Waals surface area contributed by atoms with Crippen LogP contribution in [0.2, 0.25) is 0 Å². The molecule has 1 aliphatic heterocycles. The summed E-state index contributed by atoms with van der Waals surface area (Å²) in [6.45, 7) is 6.74. The van der Waals surface area contributed by atoms with E-state index >= 15 is 0 Å². The van der Waals surface area contributed by atoms with E-state index < -0.39 is 21.7 Å². The van der Waals surface area contributed by atoms with E-state index in [0.717, 1.165) is 17.7 Å². The first kappa shape index (κ1) is 24.3. The average molecular weight is 465 g/mol. The van der Waals surface area contributed by atoms with Gasteiger partial charge in [0, 0.05) is 44.2 Å². The SMILES string of the molecule is CN(Cc1ccc(F)cc1F)C(=O)C1CCN(S(=O)(=O)c2ccc(C(C)(C)C)cc2)CC1. The second kappa shape index (κ2) is 9.27. The number of nitrogens with zero attached hydrogens (tertiary/aromatic N) is 2. The molecule has 0 N–H and O–H groups in total. The molecule has 0 atom stereocenters. The lowest BCUT2D eigenvalue weighted by atomic mass is 9.87. The van der Waals surface area contributed by atoms with E-state index in [1.54, 1.807) is 19.2 Å². The number of hydrogen-bond donors (Lipinski definition) is 0. The molecule has 2 aromatic rings. The van der Waals surface area contributed by atoms with Crippen LogP contribution in [0.5, 0.6) is 0 Å². The highest BCUT2D eigenvalue weighted by Gasteiger charge is 2.33. The molecule has 174 valence electrons. The highest BCUT2D eigenvalue weighted by Crippen LogP contribution is 2.28. The van der Waals surface area contributed by atoms with Crippen LogP contribution in [-0.2, 0) is 26.8 Å². The predicted octanol–water partition coefficient (Wildman–Crippen LogP) is 4.32. The molecule has 0 saturated carbocycles. The van der Waals surface area contributed by atoms with Crippen molar-refractivity contribution in [1.82, 2.24) is 9.21 Å². The van der Waals surface area contributed by atoms with E-state index in [2.05, 4.69) is 20.8 Å². The van der Waals surface area contributed by atoms with Crippen molar-refractivity contribution < 1.29 is 22.0 Å². The van der Waals surface area contributed by atoms with Crippen LogP contribution in [0.15, 0.2) is 47.4 Å². The van der Waals surface area contributed by atoms with Gasteiger partial charge in [-0.2, -0.15) is 4.31 Å². The molecule has 5 nitrogen and oxygen atoms in total. The fraction of sp³-hybridized carbons (Fsp3) is 0.458. The Morgan fingerprint density at radius 1 is 1.06 bits per heavy atom. The van der Waals surface area contributed by atoms with Crippen LogP contribution in [-0.4, -0.2) is 43.7 Å². The van der Waals surface area contributed by atoms with Gasteiger partial charge in [0.05, 0.1) is 4.90 Å². The first-order valence-corrected chi connectivity index (χ1v) is 12.1. The van der Waals surface area contributed by atoms with Gasteiger partial charge in [0.2, 0.25) is 15.9 Å². The second-order valence-corrected chi connectivity index (χ2v) is 11.3. The zero-order chi connectivity index (χ0) is 23.7. The molecule has 1 heterocycles. The zero-order valence-electron chi connectivity index (χ0n) is 18.9. The Labute approximate surface area is 189 Å². The molecule has 3 rings (SSSR count). The molecule has 0 aromatic heterocycles. The molecular weight excluding hydrogens is 434 g/mol. The molecule has 1 fully saturated rings. The summed E-state index contributed by atoms with van der Waals surface area (Å²) in [5.74, 6) is -1.86. The molecule has 2 aromatic carbocycles. The third kappa shape index (κ3) is 5.35. The van der Waals surface area contributed by atoms with Crippen molar-refractivity contribution in [2.45, 2.75) is 50.5 Å². The smallest absolute Gasteiger partial charge is 0.243 e. The lowest BCUT2D eigenvalue weighted by Gasteiger charge is -2.32. The molecule has 1 amide bonds. The Balaban J connectivity index is 1.61. The minimum atomic E-state index is -3.63. The Bertz CT molecular complexity index is 1070. The summed E-state index contributed by atoms with van der Waals surface area (Å²) < 4.78 is 54.5. The molecule has 0 radical (unpaired) electrons. The molecule has 1 saturated heterocycles. The fourth-order valence-electron chi connectivity index (χ4n) is 3.91. The Hall–Kier alpha value is -2.32. The molecule has 0 bridgehead atoms. The van der Waals surface area contributed by atoms with Crippen molar-refractivity contribution in [1.29, 1.82) is 0 Å². The summed E-state index contributed by atoms with van der Waals surface area (Å²) in [4.78, 5) is 14.5. The molecule has 1 aliphatic rings. The number of carbonyl (C=O) groups excluding carboxylic acids is 1. The first-order valence-electron chi connectivity index (χ1n) is 10.7. The maximum atomic E-state index is 13.9. The maximum Gasteiger partial charge on any atom is 0.243 e. The van der Waals surface area contributed by atoms with Gasteiger partial charge in [-0.1, -0.05) is 39.0 Å². The van der Waals surface area contributed by atoms with Crippen molar-refractivity contribution >= 4 is 15.9 Å². The number of benzene rings is 2. The van der Waals surface area contributed by atoms with E-state index in [1.807, 2.05) is 12.1 Å². The zero-order valence-corrected chi connectivity index (χ0v) is 19.8. The van der Waals surface area contributed by atoms with E-state index in [0.29, 0.717) is 12.8 Å². The molecule has 0 unspecified atom stereocenters. The summed E-state index contributed by atoms with van der Waals surface area (Å²) in [7, 11) is -2.05. The Morgan fingerprint density at radius 3 is 2.19 bits per heavy atom. The highest BCUT2D eigenvalue weighted by atomic mass is 32.2. The molecule has 0 spiro atoms. The lowest BCUT2D eigenvalue weighted by molar-refractivity contribution is -0.136. The van der Waals surface area contributed by atoms with Gasteiger partial charge in [-0.3, -0.25) is 4.79 Å². The minimum Gasteiger partial charge on any atom is -0.341 e. The van der Waals surface area contributed by atoms with E-state index in [-0.39, 0.29) is 47.3 Å². The fourth-order valence-corrected chi connectivity index (χ4v) is 5.38. The number of piperidine rings is 1. The molecule has 32 heavy (non-hydrogen) atoms. The summed E-state index contributed by atoms with van der Waals surface area (Å²) in [5.41, 5.74) is 1.23. The number of hydrogen-bond acceptors (Lipinski definition) is 3. The average Bonchev–Trinajstić information content (AvgIpc) is 2.74. The van der Waals surface area contributed by atoms with Crippen molar-refractivity contribution in [3.05, 3.63) is 65.2 Å². The Kier molecular flexibility index (Phi) is 7.05. The van der Waals surface area contributed by atoms with Crippen LogP contribution in [0, 0.1) is 17.6 Å². The first-order chi connectivity index (χ1) is 14.9. The number of rotatable bonds is 5. The summed E-state index contributed by atoms with van der Waals surface area (Å²) >= 11 is 0. The van der Waals surface area contributed by atoms with Crippen LogP contribution >= 0.6 is 0 Å². The molecule has 0 aliphatic carbocycles. The van der Waals surface area contributed by atoms with E-state index in [1.165, 1.54) is 15.3 Å². The Morgan fingerprint density at radius 2 is 1.66 bits per heavy atom. The van der Waals surface area contributed by atoms with Gasteiger partial charge in [-0.15, -0.1) is 0 Å². The van der Waals surface area contributed by atoms with Crippen molar-refractivity contribution in [2.24, 2.45) is 5.92 Å². The third-order valence-corrected chi connectivity index (χ3v) is 7.87. The monoisotopic (exact) mass is 464 g/mol. The number of amides is 1. The third-order valence-electron chi connectivity index (χ3n) is 5.96. The van der Waals surface area contributed by atoms with Gasteiger partial charge in [-0.05, 0) is 42.0 Å². The normalized spacial score (nSPS) is 16.2. The second-order valence-electron chi connectivity index (χ2n) is 9.38. The lowest BCUT2D eigenvalue weighted by Crippen LogP contribution is -2.43. The largest absolute Gasteiger partial charge is 0.341 e. The van der Waals surface area contributed by atoms with Crippen LogP contribution in [0.4, 0.5) is 8.78 Å². The maximum absolute atomic E-state index is 13.9. The van der Waals surface area contributed by atoms with E-state index in [9.17, 15) is 22.0 Å². The molecule has 8 heteroatoms. The van der Waals surface area contributed by atoms with Crippen LogP contribution in [0.3, 0.4) is 0 Å². The number of carbonyl (C=O) groups is 1. The minimum absolute atomic E-state index is 0.0313. The van der Waals surface area contributed by atoms with Crippen LogP contribution in [0.1, 0.15) is 44.7 Å². The van der Waals surface area contributed by atoms with Gasteiger partial charge in [0.15, 0.2) is 0 Å². The van der Waals surface area contributed by atoms with Crippen molar-refractivity contribution in [3.63, 3.8) is 0 Å². The van der Waals surface area contributed by atoms with Crippen molar-refractivity contribution in [2.75, 3.05) is 20.1 Å². The van der Waals surface area contributed by atoms with Gasteiger partial charge in [0.1, 0.15) is 11.6 Å². The van der Waals surface area contributed by atoms with Crippen LogP contribution in [0.25, 0.3) is 0 Å². The summed E-state index contributed by atoms with van der Waals surface area (Å²) in [5, 5.41) is 0. The quantitative estimate of drug-likeness (QED) is 0.662. The van der Waals surface area contributed by atoms with Crippen molar-refractivity contribution in [3.8, 4) is 0 Å². The van der Waals surface area contributed by atoms with Crippen LogP contribution < -0.4 is 0 Å². The van der Waals surface area contributed by atoms with Gasteiger partial charge in [0.25, 0.3) is 0 Å². The number of halogens is 2. The summed E-state index contributed by atoms with van der Waals surface area (Å²) in [6, 6.07) is 10.2. The number of sulfonamides is 1. The van der Waals surface area contributed by atoms with Gasteiger partial charge in [-0.25, -0.2) is 17.2 Å². The molecular formula is C24H30F2N2O3S. The van der Waals surface area contributed by atoms with Gasteiger partial charge >= 0.3 is 0 Å². The predicted molar refractivity (Wildman–Crippen MR) is 119 cm³/mol. The topological polar surface area (TPSA) is 57.7 Å².